The molecule has 0 radical (unpaired) electrons. The summed E-state index contributed by atoms with van der Waals surface area (Å²) < 4.78 is 11.5. The number of halogens is 1. The standard InChI is InChI=1S/C22H14BrNO5/c23-14-5-3-7-16(11-14)28-13-20(25)29-17-8-4-6-15(12-17)24-21(26)18-9-1-2-10-19(18)22(24)27/h1-12H,13H2. The molecule has 144 valence electrons. The second-order valence-electron chi connectivity index (χ2n) is 6.21. The second kappa shape index (κ2) is 7.89. The molecule has 0 bridgehead atoms. The molecule has 4 rings (SSSR count). The summed E-state index contributed by atoms with van der Waals surface area (Å²) in [5.41, 5.74) is 1.03. The van der Waals surface area contributed by atoms with Crippen molar-refractivity contribution >= 4 is 39.4 Å². The van der Waals surface area contributed by atoms with Crippen molar-refractivity contribution in [2.45, 2.75) is 0 Å². The molecule has 0 fully saturated rings. The summed E-state index contributed by atoms with van der Waals surface area (Å²) in [6.07, 6.45) is 0. The van der Waals surface area contributed by atoms with Gasteiger partial charge in [-0.05, 0) is 42.5 Å². The van der Waals surface area contributed by atoms with Gasteiger partial charge in [-0.1, -0.05) is 40.2 Å². The molecule has 0 atom stereocenters. The Morgan fingerprint density at radius 2 is 1.48 bits per heavy atom. The number of hydrogen-bond acceptors (Lipinski definition) is 5. The summed E-state index contributed by atoms with van der Waals surface area (Å²) in [6.45, 7) is -0.284. The zero-order valence-electron chi connectivity index (χ0n) is 15.0. The molecule has 3 aromatic carbocycles. The lowest BCUT2D eigenvalue weighted by Crippen LogP contribution is -2.29. The fourth-order valence-corrected chi connectivity index (χ4v) is 3.35. The van der Waals surface area contributed by atoms with Crippen molar-refractivity contribution in [3.63, 3.8) is 0 Å². The summed E-state index contributed by atoms with van der Waals surface area (Å²) >= 11 is 3.33. The summed E-state index contributed by atoms with van der Waals surface area (Å²) in [4.78, 5) is 38.4. The van der Waals surface area contributed by atoms with Gasteiger partial charge < -0.3 is 9.47 Å². The van der Waals surface area contributed by atoms with Gasteiger partial charge in [-0.15, -0.1) is 0 Å². The highest BCUT2D eigenvalue weighted by Crippen LogP contribution is 2.30. The Hall–Kier alpha value is -3.45. The van der Waals surface area contributed by atoms with Crippen LogP contribution in [-0.4, -0.2) is 24.4 Å². The SMILES string of the molecule is O=C(COc1cccc(Br)c1)Oc1cccc(N2C(=O)c3ccccc3C2=O)c1. The first-order valence-corrected chi connectivity index (χ1v) is 9.49. The normalized spacial score (nSPS) is 12.7. The van der Waals surface area contributed by atoms with E-state index >= 15 is 0 Å². The molecule has 1 aliphatic rings. The number of fused-ring (bicyclic) bond motifs is 1. The van der Waals surface area contributed by atoms with Gasteiger partial charge in [0.2, 0.25) is 0 Å². The van der Waals surface area contributed by atoms with E-state index in [1.165, 1.54) is 6.07 Å². The van der Waals surface area contributed by atoms with Crippen molar-refractivity contribution in [3.05, 3.63) is 88.4 Å². The van der Waals surface area contributed by atoms with E-state index in [0.717, 1.165) is 9.37 Å². The largest absolute Gasteiger partial charge is 0.482 e. The Kier molecular flexibility index (Phi) is 5.14. The van der Waals surface area contributed by atoms with Crippen LogP contribution in [0.5, 0.6) is 11.5 Å². The molecule has 1 aliphatic heterocycles. The molecule has 6 nitrogen and oxygen atoms in total. The lowest BCUT2D eigenvalue weighted by Gasteiger charge is -2.15. The predicted octanol–water partition coefficient (Wildman–Crippen LogP) is 4.23. The Balaban J connectivity index is 1.46. The van der Waals surface area contributed by atoms with Crippen LogP contribution in [0.25, 0.3) is 0 Å². The van der Waals surface area contributed by atoms with Crippen LogP contribution in [0.2, 0.25) is 0 Å². The fourth-order valence-electron chi connectivity index (χ4n) is 2.97. The fraction of sp³-hybridized carbons (Fsp3) is 0.0455. The van der Waals surface area contributed by atoms with Gasteiger partial charge >= 0.3 is 5.97 Å². The lowest BCUT2D eigenvalue weighted by atomic mass is 10.1. The van der Waals surface area contributed by atoms with Crippen molar-refractivity contribution in [1.29, 1.82) is 0 Å². The molecule has 0 N–H and O–H groups in total. The minimum Gasteiger partial charge on any atom is -0.482 e. The van der Waals surface area contributed by atoms with Crippen molar-refractivity contribution in [3.8, 4) is 11.5 Å². The van der Waals surface area contributed by atoms with Crippen molar-refractivity contribution in [2.24, 2.45) is 0 Å². The number of carbonyl (C=O) groups is 3. The van der Waals surface area contributed by atoms with Crippen LogP contribution in [0.3, 0.4) is 0 Å². The first-order valence-electron chi connectivity index (χ1n) is 8.70. The summed E-state index contributed by atoms with van der Waals surface area (Å²) in [5, 5.41) is 0. The highest BCUT2D eigenvalue weighted by Gasteiger charge is 2.36. The van der Waals surface area contributed by atoms with Gasteiger partial charge in [0, 0.05) is 10.5 Å². The maximum absolute atomic E-state index is 12.6. The summed E-state index contributed by atoms with van der Waals surface area (Å²) in [6, 6.07) is 20.0. The number of nitrogens with zero attached hydrogens (tertiary/aromatic N) is 1. The third-order valence-electron chi connectivity index (χ3n) is 4.25. The van der Waals surface area contributed by atoms with Gasteiger partial charge in [0.1, 0.15) is 11.5 Å². The van der Waals surface area contributed by atoms with E-state index < -0.39 is 17.8 Å². The van der Waals surface area contributed by atoms with Gasteiger partial charge in [-0.3, -0.25) is 9.59 Å². The molecule has 0 aromatic heterocycles. The quantitative estimate of drug-likeness (QED) is 0.329. The van der Waals surface area contributed by atoms with E-state index in [-0.39, 0.29) is 12.4 Å². The van der Waals surface area contributed by atoms with Gasteiger partial charge in [0.25, 0.3) is 11.8 Å². The van der Waals surface area contributed by atoms with Gasteiger partial charge in [-0.2, -0.15) is 0 Å². The number of esters is 1. The van der Waals surface area contributed by atoms with Crippen LogP contribution >= 0.6 is 15.9 Å². The second-order valence-corrected chi connectivity index (χ2v) is 7.12. The number of imide groups is 1. The molecule has 7 heteroatoms. The molecular formula is C22H14BrNO5. The molecule has 0 unspecified atom stereocenters. The Morgan fingerprint density at radius 1 is 0.828 bits per heavy atom. The molecule has 0 spiro atoms. The van der Waals surface area contributed by atoms with E-state index in [0.29, 0.717) is 22.6 Å². The highest BCUT2D eigenvalue weighted by atomic mass is 79.9. The molecule has 0 aliphatic carbocycles. The van der Waals surface area contributed by atoms with E-state index in [1.54, 1.807) is 60.7 Å². The van der Waals surface area contributed by atoms with Gasteiger partial charge in [0.05, 0.1) is 16.8 Å². The van der Waals surface area contributed by atoms with Crippen molar-refractivity contribution in [1.82, 2.24) is 0 Å². The van der Waals surface area contributed by atoms with Crippen LogP contribution in [0.15, 0.2) is 77.3 Å². The van der Waals surface area contributed by atoms with Crippen LogP contribution in [0.4, 0.5) is 5.69 Å². The molecule has 29 heavy (non-hydrogen) atoms. The van der Waals surface area contributed by atoms with Crippen LogP contribution in [-0.2, 0) is 4.79 Å². The summed E-state index contributed by atoms with van der Waals surface area (Å²) in [7, 11) is 0. The average Bonchev–Trinajstić information content (AvgIpc) is 2.97. The zero-order chi connectivity index (χ0) is 20.4. The lowest BCUT2D eigenvalue weighted by molar-refractivity contribution is -0.136. The minimum atomic E-state index is -0.607. The number of rotatable bonds is 5. The Labute approximate surface area is 174 Å². The van der Waals surface area contributed by atoms with Crippen LogP contribution in [0.1, 0.15) is 20.7 Å². The molecule has 3 aromatic rings. The smallest absolute Gasteiger partial charge is 0.349 e. The van der Waals surface area contributed by atoms with Crippen LogP contribution in [0, 0.1) is 0 Å². The number of anilines is 1. The number of hydrogen-bond donors (Lipinski definition) is 0. The van der Waals surface area contributed by atoms with E-state index in [4.69, 9.17) is 9.47 Å². The van der Waals surface area contributed by atoms with Crippen molar-refractivity contribution < 1.29 is 23.9 Å². The first kappa shape index (κ1) is 18.9. The van der Waals surface area contributed by atoms with E-state index in [1.807, 2.05) is 6.07 Å². The van der Waals surface area contributed by atoms with Crippen LogP contribution < -0.4 is 14.4 Å². The number of amides is 2. The summed E-state index contributed by atoms with van der Waals surface area (Å²) in [5.74, 6) is -0.693. The third-order valence-corrected chi connectivity index (χ3v) is 4.75. The average molecular weight is 452 g/mol. The Bertz CT molecular complexity index is 1090. The van der Waals surface area contributed by atoms with E-state index in [9.17, 15) is 14.4 Å². The first-order chi connectivity index (χ1) is 14.0. The zero-order valence-corrected chi connectivity index (χ0v) is 16.6. The highest BCUT2D eigenvalue weighted by molar-refractivity contribution is 9.10. The molecule has 0 saturated carbocycles. The number of benzene rings is 3. The Morgan fingerprint density at radius 3 is 2.17 bits per heavy atom. The van der Waals surface area contributed by atoms with Gasteiger partial charge in [0.15, 0.2) is 6.61 Å². The maximum atomic E-state index is 12.6. The number of ether oxygens (including phenoxy) is 2. The molecule has 2 amide bonds. The van der Waals surface area contributed by atoms with Gasteiger partial charge in [-0.25, -0.2) is 9.69 Å². The third kappa shape index (κ3) is 3.90. The van der Waals surface area contributed by atoms with Crippen molar-refractivity contribution in [2.75, 3.05) is 11.5 Å². The predicted molar refractivity (Wildman–Crippen MR) is 109 cm³/mol. The minimum absolute atomic E-state index is 0.210. The molecule has 0 saturated heterocycles. The number of carbonyl (C=O) groups excluding carboxylic acids is 3. The monoisotopic (exact) mass is 451 g/mol. The molecular weight excluding hydrogens is 438 g/mol. The molecule has 1 heterocycles. The maximum Gasteiger partial charge on any atom is 0.349 e. The van der Waals surface area contributed by atoms with E-state index in [2.05, 4.69) is 15.9 Å². The topological polar surface area (TPSA) is 72.9 Å².